The molecule has 0 N–H and O–H groups in total. The van der Waals surface area contributed by atoms with Crippen LogP contribution in [0.25, 0.3) is 0 Å². The van der Waals surface area contributed by atoms with E-state index in [2.05, 4.69) is 0 Å². The quantitative estimate of drug-likeness (QED) is 0.598. The molecule has 1 aliphatic heterocycles. The van der Waals surface area contributed by atoms with Gasteiger partial charge in [-0.3, -0.25) is 0 Å². The van der Waals surface area contributed by atoms with Crippen molar-refractivity contribution >= 4 is 23.2 Å². The third-order valence-electron chi connectivity index (χ3n) is 2.93. The smallest absolute Gasteiger partial charge is 0.194 e. The van der Waals surface area contributed by atoms with Gasteiger partial charge in [-0.25, -0.2) is 0 Å². The number of rotatable bonds is 5. The molecule has 94 valence electrons. The fraction of sp³-hybridized carbons (Fsp3) is 0.538. The highest BCUT2D eigenvalue weighted by Crippen LogP contribution is 2.36. The topological polar surface area (TPSA) is 18.5 Å². The molecule has 1 heterocycles. The molecule has 0 atom stereocenters. The predicted molar refractivity (Wildman–Crippen MR) is 69.6 cm³/mol. The molecular formula is C13H16Cl2O2. The van der Waals surface area contributed by atoms with Crippen LogP contribution < -0.4 is 0 Å². The zero-order valence-corrected chi connectivity index (χ0v) is 11.1. The zero-order valence-electron chi connectivity index (χ0n) is 9.62. The van der Waals surface area contributed by atoms with Crippen molar-refractivity contribution in [2.45, 2.75) is 25.0 Å². The molecule has 0 saturated carbocycles. The van der Waals surface area contributed by atoms with Gasteiger partial charge in [-0.2, -0.15) is 0 Å². The van der Waals surface area contributed by atoms with Gasteiger partial charge in [-0.15, -0.1) is 11.6 Å². The zero-order chi connectivity index (χ0) is 12.1. The van der Waals surface area contributed by atoms with Gasteiger partial charge >= 0.3 is 0 Å². The maximum absolute atomic E-state index is 5.89. The second-order valence-corrected chi connectivity index (χ2v) is 4.92. The van der Waals surface area contributed by atoms with E-state index in [4.69, 9.17) is 32.7 Å². The van der Waals surface area contributed by atoms with Crippen molar-refractivity contribution in [2.24, 2.45) is 0 Å². The molecule has 0 spiro atoms. The highest BCUT2D eigenvalue weighted by molar-refractivity contribution is 6.30. The minimum absolute atomic E-state index is 0.587. The summed E-state index contributed by atoms with van der Waals surface area (Å²) in [6.45, 7) is 1.28. The summed E-state index contributed by atoms with van der Waals surface area (Å²) < 4.78 is 11.6. The van der Waals surface area contributed by atoms with E-state index < -0.39 is 5.79 Å². The van der Waals surface area contributed by atoms with Gasteiger partial charge in [0.2, 0.25) is 0 Å². The molecule has 0 bridgehead atoms. The molecule has 0 aliphatic carbocycles. The summed E-state index contributed by atoms with van der Waals surface area (Å²) in [5.41, 5.74) is 1.04. The molecular weight excluding hydrogens is 259 g/mol. The Morgan fingerprint density at radius 3 is 2.29 bits per heavy atom. The lowest BCUT2D eigenvalue weighted by atomic mass is 10.00. The Kier molecular flexibility index (Phi) is 4.69. The largest absolute Gasteiger partial charge is 0.343 e. The molecule has 0 unspecified atom stereocenters. The van der Waals surface area contributed by atoms with Crippen LogP contribution in [0.1, 0.15) is 24.8 Å². The first-order valence-electron chi connectivity index (χ1n) is 5.87. The van der Waals surface area contributed by atoms with E-state index in [0.29, 0.717) is 19.1 Å². The standard InChI is InChI=1S/C13H16Cl2O2/c14-8-2-1-7-13(16-9-10-17-13)11-3-5-12(15)6-4-11/h3-6H,1-2,7-10H2. The van der Waals surface area contributed by atoms with Crippen molar-refractivity contribution in [3.63, 3.8) is 0 Å². The maximum atomic E-state index is 5.89. The van der Waals surface area contributed by atoms with E-state index in [1.165, 1.54) is 0 Å². The highest BCUT2D eigenvalue weighted by Gasteiger charge is 2.37. The summed E-state index contributed by atoms with van der Waals surface area (Å²) in [6.07, 6.45) is 2.80. The molecule has 17 heavy (non-hydrogen) atoms. The Morgan fingerprint density at radius 2 is 1.71 bits per heavy atom. The summed E-state index contributed by atoms with van der Waals surface area (Å²) >= 11 is 11.6. The van der Waals surface area contributed by atoms with Gasteiger partial charge in [0.25, 0.3) is 0 Å². The fourth-order valence-electron chi connectivity index (χ4n) is 2.07. The lowest BCUT2D eigenvalue weighted by Gasteiger charge is -2.27. The third kappa shape index (κ3) is 3.14. The monoisotopic (exact) mass is 274 g/mol. The lowest BCUT2D eigenvalue weighted by Crippen LogP contribution is -2.27. The molecule has 1 saturated heterocycles. The summed E-state index contributed by atoms with van der Waals surface area (Å²) in [7, 11) is 0. The summed E-state index contributed by atoms with van der Waals surface area (Å²) in [5.74, 6) is 0.0906. The first kappa shape index (κ1) is 13.2. The summed E-state index contributed by atoms with van der Waals surface area (Å²) in [4.78, 5) is 0. The number of benzene rings is 1. The molecule has 0 radical (unpaired) electrons. The van der Waals surface area contributed by atoms with Gasteiger partial charge < -0.3 is 9.47 Å². The van der Waals surface area contributed by atoms with Crippen molar-refractivity contribution in [2.75, 3.05) is 19.1 Å². The van der Waals surface area contributed by atoms with Gasteiger partial charge in [-0.1, -0.05) is 23.7 Å². The van der Waals surface area contributed by atoms with Crippen molar-refractivity contribution < 1.29 is 9.47 Å². The van der Waals surface area contributed by atoms with Gasteiger partial charge in [0.05, 0.1) is 13.2 Å². The molecule has 1 fully saturated rings. The van der Waals surface area contributed by atoms with Crippen LogP contribution in [0.15, 0.2) is 24.3 Å². The lowest BCUT2D eigenvalue weighted by molar-refractivity contribution is -0.171. The van der Waals surface area contributed by atoms with E-state index in [1.807, 2.05) is 24.3 Å². The second kappa shape index (κ2) is 6.05. The molecule has 1 aromatic carbocycles. The van der Waals surface area contributed by atoms with E-state index in [1.54, 1.807) is 0 Å². The van der Waals surface area contributed by atoms with Crippen LogP contribution in [0.4, 0.5) is 0 Å². The Bertz CT molecular complexity index is 345. The molecule has 0 amide bonds. The molecule has 0 aromatic heterocycles. The third-order valence-corrected chi connectivity index (χ3v) is 3.45. The number of ether oxygens (including phenoxy) is 2. The molecule has 1 aliphatic rings. The van der Waals surface area contributed by atoms with Crippen LogP contribution in [0.2, 0.25) is 5.02 Å². The summed E-state index contributed by atoms with van der Waals surface area (Å²) in [5, 5.41) is 0.725. The minimum Gasteiger partial charge on any atom is -0.343 e. The van der Waals surface area contributed by atoms with Gasteiger partial charge in [0.1, 0.15) is 0 Å². The number of alkyl halides is 1. The fourth-order valence-corrected chi connectivity index (χ4v) is 2.38. The van der Waals surface area contributed by atoms with Gasteiger partial charge in [0, 0.05) is 22.9 Å². The summed E-state index contributed by atoms with van der Waals surface area (Å²) in [6, 6.07) is 7.67. The van der Waals surface area contributed by atoms with E-state index in [0.717, 1.165) is 29.8 Å². The minimum atomic E-state index is -0.587. The van der Waals surface area contributed by atoms with E-state index in [9.17, 15) is 0 Å². The number of halogens is 2. The van der Waals surface area contributed by atoms with Crippen LogP contribution in [0.3, 0.4) is 0 Å². The van der Waals surface area contributed by atoms with Crippen LogP contribution in [-0.2, 0) is 15.3 Å². The number of hydrogen-bond donors (Lipinski definition) is 0. The maximum Gasteiger partial charge on any atom is 0.194 e. The Labute approximate surface area is 112 Å². The number of hydrogen-bond acceptors (Lipinski definition) is 2. The van der Waals surface area contributed by atoms with Gasteiger partial charge in [0.15, 0.2) is 5.79 Å². The van der Waals surface area contributed by atoms with Crippen LogP contribution in [-0.4, -0.2) is 19.1 Å². The Balaban J connectivity index is 2.12. The predicted octanol–water partition coefficient (Wildman–Crippen LogP) is 3.95. The SMILES string of the molecule is ClCCCCC1(c2ccc(Cl)cc2)OCCO1. The van der Waals surface area contributed by atoms with Gasteiger partial charge in [-0.05, 0) is 25.0 Å². The molecule has 4 heteroatoms. The van der Waals surface area contributed by atoms with Crippen LogP contribution in [0, 0.1) is 0 Å². The van der Waals surface area contributed by atoms with E-state index >= 15 is 0 Å². The average molecular weight is 275 g/mol. The van der Waals surface area contributed by atoms with Crippen molar-refractivity contribution in [3.05, 3.63) is 34.9 Å². The highest BCUT2D eigenvalue weighted by atomic mass is 35.5. The first-order valence-corrected chi connectivity index (χ1v) is 6.78. The van der Waals surface area contributed by atoms with E-state index in [-0.39, 0.29) is 0 Å². The Hall–Kier alpha value is -0.280. The average Bonchev–Trinajstić information content (AvgIpc) is 2.80. The molecule has 2 rings (SSSR count). The van der Waals surface area contributed by atoms with Crippen molar-refractivity contribution in [3.8, 4) is 0 Å². The normalized spacial score (nSPS) is 18.5. The van der Waals surface area contributed by atoms with Crippen LogP contribution in [0.5, 0.6) is 0 Å². The second-order valence-electron chi connectivity index (χ2n) is 4.10. The first-order chi connectivity index (χ1) is 8.27. The van der Waals surface area contributed by atoms with Crippen molar-refractivity contribution in [1.29, 1.82) is 0 Å². The van der Waals surface area contributed by atoms with Crippen molar-refractivity contribution in [1.82, 2.24) is 0 Å². The van der Waals surface area contributed by atoms with Crippen LogP contribution >= 0.6 is 23.2 Å². The molecule has 1 aromatic rings. The molecule has 2 nitrogen and oxygen atoms in total. The Morgan fingerprint density at radius 1 is 1.06 bits per heavy atom. The number of unbranched alkanes of at least 4 members (excludes halogenated alkanes) is 1.